The molecule has 2 aromatic carbocycles. The smallest absolute Gasteiger partial charge is 0.174 e. The largest absolute Gasteiger partial charge is 0.497 e. The predicted molar refractivity (Wildman–Crippen MR) is 118 cm³/mol. The molecule has 29 heavy (non-hydrogen) atoms. The quantitative estimate of drug-likeness (QED) is 0.591. The minimum absolute atomic E-state index is 0.0773. The van der Waals surface area contributed by atoms with Crippen LogP contribution in [0.3, 0.4) is 0 Å². The summed E-state index contributed by atoms with van der Waals surface area (Å²) in [6.07, 6.45) is 1.34. The number of amidine groups is 1. The van der Waals surface area contributed by atoms with Crippen molar-refractivity contribution in [3.63, 3.8) is 0 Å². The zero-order chi connectivity index (χ0) is 20.3. The standard InChI is InChI=1S/C23H21ClN2O2S/c1-23(2)11-16-20(18(27)12-23)21(13-4-7-15(28-3)8-5-13)26-17-9-6-14(24)10-19(17)29-22(26)25-16/h4-10,21H,11-12H2,1-3H3. The number of rotatable bonds is 2. The van der Waals surface area contributed by atoms with Gasteiger partial charge in [-0.15, -0.1) is 0 Å². The van der Waals surface area contributed by atoms with E-state index in [1.54, 1.807) is 18.9 Å². The first-order chi connectivity index (χ1) is 13.9. The van der Waals surface area contributed by atoms with Crippen molar-refractivity contribution in [1.29, 1.82) is 0 Å². The van der Waals surface area contributed by atoms with E-state index in [4.69, 9.17) is 21.3 Å². The van der Waals surface area contributed by atoms with Gasteiger partial charge in [0.25, 0.3) is 0 Å². The second-order valence-electron chi connectivity index (χ2n) is 8.46. The number of thioether (sulfide) groups is 1. The molecule has 148 valence electrons. The Hall–Kier alpha value is -2.24. The molecule has 2 heterocycles. The number of halogens is 1. The van der Waals surface area contributed by atoms with E-state index in [0.29, 0.717) is 11.4 Å². The number of aliphatic imine (C=N–C) groups is 1. The molecule has 0 spiro atoms. The average Bonchev–Trinajstić information content (AvgIpc) is 3.02. The molecule has 0 aromatic heterocycles. The molecule has 4 nitrogen and oxygen atoms in total. The highest BCUT2D eigenvalue weighted by Gasteiger charge is 2.45. The third kappa shape index (κ3) is 3.08. The number of hydrogen-bond acceptors (Lipinski definition) is 5. The van der Waals surface area contributed by atoms with E-state index in [2.05, 4.69) is 18.7 Å². The Labute approximate surface area is 179 Å². The molecule has 5 rings (SSSR count). The number of anilines is 1. The van der Waals surface area contributed by atoms with Crippen molar-refractivity contribution in [2.75, 3.05) is 12.0 Å². The summed E-state index contributed by atoms with van der Waals surface area (Å²) in [5, 5.41) is 1.61. The minimum atomic E-state index is -0.193. The molecule has 6 heteroatoms. The van der Waals surface area contributed by atoms with E-state index in [1.807, 2.05) is 42.5 Å². The van der Waals surface area contributed by atoms with Crippen molar-refractivity contribution in [1.82, 2.24) is 0 Å². The molecule has 0 saturated carbocycles. The number of allylic oxidation sites excluding steroid dienone is 1. The van der Waals surface area contributed by atoms with E-state index in [-0.39, 0.29) is 17.2 Å². The minimum Gasteiger partial charge on any atom is -0.497 e. The Morgan fingerprint density at radius 1 is 1.17 bits per heavy atom. The van der Waals surface area contributed by atoms with Crippen LogP contribution in [0.1, 0.15) is 38.3 Å². The summed E-state index contributed by atoms with van der Waals surface area (Å²) in [6.45, 7) is 4.28. The summed E-state index contributed by atoms with van der Waals surface area (Å²) in [4.78, 5) is 21.5. The second kappa shape index (κ2) is 6.64. The van der Waals surface area contributed by atoms with Crippen LogP contribution < -0.4 is 9.64 Å². The number of methoxy groups -OCH3 is 1. The number of Topliss-reactive ketones (excluding diaryl/α,β-unsaturated/α-hetero) is 1. The van der Waals surface area contributed by atoms with Gasteiger partial charge in [0.05, 0.1) is 24.5 Å². The highest BCUT2D eigenvalue weighted by molar-refractivity contribution is 8.14. The van der Waals surface area contributed by atoms with Crippen molar-refractivity contribution < 1.29 is 9.53 Å². The van der Waals surface area contributed by atoms with Gasteiger partial charge in [-0.05, 0) is 59.5 Å². The molecule has 0 N–H and O–H groups in total. The number of ketones is 1. The normalized spacial score (nSPS) is 22.1. The van der Waals surface area contributed by atoms with Crippen molar-refractivity contribution in [2.24, 2.45) is 10.4 Å². The third-order valence-electron chi connectivity index (χ3n) is 5.68. The Morgan fingerprint density at radius 2 is 1.93 bits per heavy atom. The zero-order valence-corrected chi connectivity index (χ0v) is 18.1. The monoisotopic (exact) mass is 424 g/mol. The fraction of sp³-hybridized carbons (Fsp3) is 0.304. The number of carbonyl (C=O) groups is 1. The maximum atomic E-state index is 13.3. The molecule has 0 radical (unpaired) electrons. The fourth-order valence-electron chi connectivity index (χ4n) is 4.40. The lowest BCUT2D eigenvalue weighted by Gasteiger charge is -2.40. The maximum Gasteiger partial charge on any atom is 0.174 e. The van der Waals surface area contributed by atoms with Crippen LogP contribution in [-0.4, -0.2) is 18.1 Å². The number of nitrogens with zero attached hydrogens (tertiary/aromatic N) is 2. The van der Waals surface area contributed by atoms with Crippen LogP contribution in [0.15, 0.2) is 63.6 Å². The molecule has 1 unspecified atom stereocenters. The highest BCUT2D eigenvalue weighted by Crippen LogP contribution is 2.53. The number of hydrogen-bond donors (Lipinski definition) is 0. The molecule has 0 amide bonds. The lowest BCUT2D eigenvalue weighted by atomic mass is 9.73. The summed E-state index contributed by atoms with van der Waals surface area (Å²) in [6, 6.07) is 13.7. The van der Waals surface area contributed by atoms with Crippen LogP contribution >= 0.6 is 23.4 Å². The first kappa shape index (κ1) is 18.8. The second-order valence-corrected chi connectivity index (χ2v) is 9.90. The van der Waals surface area contributed by atoms with E-state index < -0.39 is 0 Å². The van der Waals surface area contributed by atoms with Crippen LogP contribution in [0, 0.1) is 5.41 Å². The summed E-state index contributed by atoms with van der Waals surface area (Å²) in [5.41, 5.74) is 3.77. The van der Waals surface area contributed by atoms with Gasteiger partial charge in [-0.25, -0.2) is 4.99 Å². The molecule has 2 aromatic rings. The van der Waals surface area contributed by atoms with Gasteiger partial charge in [0.1, 0.15) is 5.75 Å². The third-order valence-corrected chi connectivity index (χ3v) is 6.93. The van der Waals surface area contributed by atoms with E-state index in [9.17, 15) is 4.79 Å². The topological polar surface area (TPSA) is 41.9 Å². The van der Waals surface area contributed by atoms with Crippen LogP contribution in [0.4, 0.5) is 5.69 Å². The van der Waals surface area contributed by atoms with Crippen LogP contribution in [0.2, 0.25) is 5.02 Å². The first-order valence-corrected chi connectivity index (χ1v) is 10.8. The van der Waals surface area contributed by atoms with Gasteiger partial charge in [0.2, 0.25) is 0 Å². The van der Waals surface area contributed by atoms with Gasteiger partial charge < -0.3 is 9.64 Å². The summed E-state index contributed by atoms with van der Waals surface area (Å²) in [7, 11) is 1.66. The molecule has 0 bridgehead atoms. The van der Waals surface area contributed by atoms with Crippen molar-refractivity contribution in [3.8, 4) is 5.75 Å². The van der Waals surface area contributed by atoms with E-state index in [1.165, 1.54) is 0 Å². The number of fused-ring (bicyclic) bond motifs is 3. The lowest BCUT2D eigenvalue weighted by molar-refractivity contribution is -0.118. The van der Waals surface area contributed by atoms with Gasteiger partial charge in [-0.1, -0.05) is 37.6 Å². The molecule has 1 aliphatic carbocycles. The SMILES string of the molecule is COc1ccc(C2C3=C(CC(C)(C)CC3=O)N=C3Sc4cc(Cl)ccc4N32)cc1. The van der Waals surface area contributed by atoms with Crippen LogP contribution in [-0.2, 0) is 4.79 Å². The van der Waals surface area contributed by atoms with E-state index >= 15 is 0 Å². The molecule has 2 aliphatic heterocycles. The van der Waals surface area contributed by atoms with Crippen LogP contribution in [0.25, 0.3) is 0 Å². The summed E-state index contributed by atoms with van der Waals surface area (Å²) >= 11 is 7.86. The van der Waals surface area contributed by atoms with Gasteiger partial charge in [-0.3, -0.25) is 4.79 Å². The fourth-order valence-corrected chi connectivity index (χ4v) is 5.75. The molecular formula is C23H21ClN2O2S. The molecule has 0 saturated heterocycles. The van der Waals surface area contributed by atoms with Gasteiger partial charge >= 0.3 is 0 Å². The molecule has 0 fully saturated rings. The van der Waals surface area contributed by atoms with E-state index in [0.717, 1.165) is 44.8 Å². The average molecular weight is 425 g/mol. The molecular weight excluding hydrogens is 404 g/mol. The lowest BCUT2D eigenvalue weighted by Crippen LogP contribution is -2.40. The number of benzene rings is 2. The Kier molecular flexibility index (Phi) is 4.30. The van der Waals surface area contributed by atoms with Gasteiger partial charge in [0, 0.05) is 21.9 Å². The van der Waals surface area contributed by atoms with Crippen molar-refractivity contribution >= 4 is 40.0 Å². The van der Waals surface area contributed by atoms with Crippen molar-refractivity contribution in [3.05, 3.63) is 64.3 Å². The summed E-state index contributed by atoms with van der Waals surface area (Å²) in [5.74, 6) is 0.985. The Balaban J connectivity index is 1.70. The Morgan fingerprint density at radius 3 is 2.66 bits per heavy atom. The van der Waals surface area contributed by atoms with Gasteiger partial charge in [0.15, 0.2) is 11.0 Å². The predicted octanol–water partition coefficient (Wildman–Crippen LogP) is 6.01. The summed E-state index contributed by atoms with van der Waals surface area (Å²) < 4.78 is 5.33. The molecule has 3 aliphatic rings. The maximum absolute atomic E-state index is 13.3. The first-order valence-electron chi connectivity index (χ1n) is 9.62. The number of ether oxygens (including phenoxy) is 1. The highest BCUT2D eigenvalue weighted by atomic mass is 35.5. The zero-order valence-electron chi connectivity index (χ0n) is 16.5. The molecule has 1 atom stereocenters. The number of carbonyl (C=O) groups excluding carboxylic acids is 1. The van der Waals surface area contributed by atoms with Gasteiger partial charge in [-0.2, -0.15) is 0 Å². The van der Waals surface area contributed by atoms with Crippen LogP contribution in [0.5, 0.6) is 5.75 Å². The Bertz CT molecular complexity index is 1090. The van der Waals surface area contributed by atoms with Crippen molar-refractivity contribution in [2.45, 2.75) is 37.6 Å².